The predicted octanol–water partition coefficient (Wildman–Crippen LogP) is 2.94. The number of ether oxygens (including phenoxy) is 1. The van der Waals surface area contributed by atoms with Crippen molar-refractivity contribution in [1.82, 2.24) is 4.90 Å². The van der Waals surface area contributed by atoms with Gasteiger partial charge in [-0.3, -0.25) is 0 Å². The normalized spacial score (nSPS) is 16.3. The van der Waals surface area contributed by atoms with Crippen LogP contribution in [0.2, 0.25) is 0 Å². The van der Waals surface area contributed by atoms with Crippen LogP contribution in [-0.4, -0.2) is 51.9 Å². The molecule has 0 radical (unpaired) electrons. The molecule has 5 nitrogen and oxygen atoms in total. The maximum Gasteiger partial charge on any atom is 0.179 e. The highest BCUT2D eigenvalue weighted by Crippen LogP contribution is 2.39. The highest BCUT2D eigenvalue weighted by Gasteiger charge is 2.28. The third-order valence-electron chi connectivity index (χ3n) is 4.46. The largest absolute Gasteiger partial charge is 0.508 e. The van der Waals surface area contributed by atoms with Crippen LogP contribution in [0.1, 0.15) is 17.5 Å². The van der Waals surface area contributed by atoms with E-state index in [1.807, 2.05) is 25.1 Å². The first kappa shape index (κ1) is 18.5. The first-order valence-corrected chi connectivity index (χ1v) is 10.0. The van der Waals surface area contributed by atoms with Gasteiger partial charge in [-0.1, -0.05) is 12.1 Å². The molecule has 6 heteroatoms. The number of aromatic hydroxyl groups is 1. The van der Waals surface area contributed by atoms with Crippen LogP contribution in [-0.2, 0) is 9.84 Å². The molecule has 138 valence electrons. The van der Waals surface area contributed by atoms with E-state index in [1.54, 1.807) is 36.4 Å². The Labute approximate surface area is 154 Å². The number of methoxy groups -OCH3 is 1. The molecule has 0 aliphatic carbocycles. The Kier molecular flexibility index (Phi) is 5.07. The lowest BCUT2D eigenvalue weighted by atomic mass is 9.91. The third kappa shape index (κ3) is 3.61. The summed E-state index contributed by atoms with van der Waals surface area (Å²) in [7, 11) is 2.01. The van der Waals surface area contributed by atoms with E-state index in [4.69, 9.17) is 4.74 Å². The van der Waals surface area contributed by atoms with Gasteiger partial charge in [0.1, 0.15) is 11.5 Å². The van der Waals surface area contributed by atoms with Crippen molar-refractivity contribution in [2.45, 2.75) is 11.3 Å². The number of fused-ring (bicyclic) bond motifs is 1. The van der Waals surface area contributed by atoms with Gasteiger partial charge in [0.2, 0.25) is 0 Å². The molecule has 26 heavy (non-hydrogen) atoms. The Morgan fingerprint density at radius 1 is 1.15 bits per heavy atom. The van der Waals surface area contributed by atoms with Gasteiger partial charge in [-0.15, -0.1) is 0 Å². The SMILES string of the molecule is COc1ccc2c(c1)S(=O)(=O)CCC(CN(C)C)=C2c1cccc(O)c1. The minimum Gasteiger partial charge on any atom is -0.508 e. The summed E-state index contributed by atoms with van der Waals surface area (Å²) in [5.41, 5.74) is 3.37. The van der Waals surface area contributed by atoms with Crippen molar-refractivity contribution in [2.75, 3.05) is 33.5 Å². The van der Waals surface area contributed by atoms with E-state index in [-0.39, 0.29) is 16.4 Å². The Balaban J connectivity index is 2.33. The summed E-state index contributed by atoms with van der Waals surface area (Å²) in [5.74, 6) is 0.721. The minimum absolute atomic E-state index is 0.0542. The zero-order valence-corrected chi connectivity index (χ0v) is 16.0. The van der Waals surface area contributed by atoms with E-state index in [1.165, 1.54) is 7.11 Å². The average molecular weight is 373 g/mol. The molecule has 0 spiro atoms. The Bertz CT molecular complexity index is 962. The second kappa shape index (κ2) is 7.13. The standard InChI is InChI=1S/C20H23NO4S/c1-21(2)13-15-9-10-26(23,24)19-12-17(25-3)7-8-18(19)20(15)14-5-4-6-16(22)11-14/h4-8,11-12,22H,9-10,13H2,1-3H3. The van der Waals surface area contributed by atoms with Gasteiger partial charge in [-0.05, 0) is 67.6 Å². The lowest BCUT2D eigenvalue weighted by Crippen LogP contribution is -2.17. The van der Waals surface area contributed by atoms with Crippen LogP contribution in [0.15, 0.2) is 52.9 Å². The quantitative estimate of drug-likeness (QED) is 0.893. The predicted molar refractivity (Wildman–Crippen MR) is 102 cm³/mol. The van der Waals surface area contributed by atoms with E-state index in [9.17, 15) is 13.5 Å². The smallest absolute Gasteiger partial charge is 0.179 e. The average Bonchev–Trinajstić information content (AvgIpc) is 2.69. The van der Waals surface area contributed by atoms with Gasteiger partial charge in [0.25, 0.3) is 0 Å². The van der Waals surface area contributed by atoms with Crippen LogP contribution < -0.4 is 4.74 Å². The molecule has 3 rings (SSSR count). The summed E-state index contributed by atoms with van der Waals surface area (Å²) in [6, 6.07) is 12.1. The van der Waals surface area contributed by atoms with Crippen molar-refractivity contribution in [1.29, 1.82) is 0 Å². The van der Waals surface area contributed by atoms with Crippen molar-refractivity contribution < 1.29 is 18.3 Å². The number of hydrogen-bond donors (Lipinski definition) is 1. The Morgan fingerprint density at radius 2 is 1.92 bits per heavy atom. The Hall–Kier alpha value is -2.31. The number of hydrogen-bond acceptors (Lipinski definition) is 5. The van der Waals surface area contributed by atoms with Gasteiger partial charge in [-0.25, -0.2) is 8.42 Å². The van der Waals surface area contributed by atoms with E-state index >= 15 is 0 Å². The number of nitrogens with zero attached hydrogens (tertiary/aromatic N) is 1. The van der Waals surface area contributed by atoms with Crippen LogP contribution >= 0.6 is 0 Å². The van der Waals surface area contributed by atoms with Gasteiger partial charge < -0.3 is 14.7 Å². The van der Waals surface area contributed by atoms with Crippen LogP contribution in [0.25, 0.3) is 5.57 Å². The Morgan fingerprint density at radius 3 is 2.58 bits per heavy atom. The summed E-state index contributed by atoms with van der Waals surface area (Å²) >= 11 is 0. The molecule has 0 aromatic heterocycles. The van der Waals surface area contributed by atoms with Gasteiger partial charge in [0, 0.05) is 12.1 Å². The molecule has 0 saturated carbocycles. The summed E-state index contributed by atoms with van der Waals surface area (Å²) in [6.07, 6.45) is 0.447. The van der Waals surface area contributed by atoms with Crippen molar-refractivity contribution >= 4 is 15.4 Å². The van der Waals surface area contributed by atoms with Crippen LogP contribution in [0.3, 0.4) is 0 Å². The lowest BCUT2D eigenvalue weighted by Gasteiger charge is -2.19. The summed E-state index contributed by atoms with van der Waals surface area (Å²) in [6.45, 7) is 0.645. The molecule has 2 aromatic rings. The van der Waals surface area contributed by atoms with E-state index in [2.05, 4.69) is 0 Å². The number of sulfone groups is 1. The highest BCUT2D eigenvalue weighted by atomic mass is 32.2. The van der Waals surface area contributed by atoms with Crippen molar-refractivity contribution in [3.8, 4) is 11.5 Å². The molecule has 0 amide bonds. The monoisotopic (exact) mass is 373 g/mol. The van der Waals surface area contributed by atoms with Gasteiger partial charge in [0.05, 0.1) is 17.8 Å². The number of phenols is 1. The van der Waals surface area contributed by atoms with Crippen LogP contribution in [0, 0.1) is 0 Å². The molecule has 0 unspecified atom stereocenters. The molecule has 1 N–H and O–H groups in total. The summed E-state index contributed by atoms with van der Waals surface area (Å²) in [5, 5.41) is 9.94. The first-order chi connectivity index (χ1) is 12.3. The molecule has 0 fully saturated rings. The van der Waals surface area contributed by atoms with Crippen LogP contribution in [0.5, 0.6) is 11.5 Å². The molecule has 0 bridgehead atoms. The zero-order valence-electron chi connectivity index (χ0n) is 15.2. The molecule has 1 heterocycles. The molecule has 0 atom stereocenters. The van der Waals surface area contributed by atoms with Crippen LogP contribution in [0.4, 0.5) is 0 Å². The fourth-order valence-electron chi connectivity index (χ4n) is 3.34. The van der Waals surface area contributed by atoms with E-state index in [0.717, 1.165) is 16.7 Å². The summed E-state index contributed by atoms with van der Waals surface area (Å²) < 4.78 is 31.0. The van der Waals surface area contributed by atoms with Gasteiger partial charge in [-0.2, -0.15) is 0 Å². The number of rotatable bonds is 4. The molecule has 1 aliphatic heterocycles. The number of likely N-dealkylation sites (N-methyl/N-ethyl adjacent to an activating group) is 1. The second-order valence-electron chi connectivity index (χ2n) is 6.70. The van der Waals surface area contributed by atoms with Crippen molar-refractivity contribution in [2.24, 2.45) is 0 Å². The summed E-state index contributed by atoms with van der Waals surface area (Å²) in [4.78, 5) is 2.31. The van der Waals surface area contributed by atoms with E-state index in [0.29, 0.717) is 24.3 Å². The molecule has 2 aromatic carbocycles. The second-order valence-corrected chi connectivity index (χ2v) is 8.78. The number of phenolic OH excluding ortho intramolecular Hbond substituents is 1. The number of benzene rings is 2. The molecular weight excluding hydrogens is 350 g/mol. The van der Waals surface area contributed by atoms with Gasteiger partial charge >= 0.3 is 0 Å². The molecular formula is C20H23NO4S. The minimum atomic E-state index is -3.43. The lowest BCUT2D eigenvalue weighted by molar-refractivity contribution is 0.413. The zero-order chi connectivity index (χ0) is 18.9. The first-order valence-electron chi connectivity index (χ1n) is 8.39. The van der Waals surface area contributed by atoms with Gasteiger partial charge in [0.15, 0.2) is 9.84 Å². The topological polar surface area (TPSA) is 66.8 Å². The highest BCUT2D eigenvalue weighted by molar-refractivity contribution is 7.91. The van der Waals surface area contributed by atoms with Crippen molar-refractivity contribution in [3.05, 3.63) is 59.2 Å². The third-order valence-corrected chi connectivity index (χ3v) is 6.21. The van der Waals surface area contributed by atoms with E-state index < -0.39 is 9.84 Å². The molecule has 1 aliphatic rings. The maximum absolute atomic E-state index is 12.9. The van der Waals surface area contributed by atoms with Crippen molar-refractivity contribution in [3.63, 3.8) is 0 Å². The molecule has 0 saturated heterocycles. The maximum atomic E-state index is 12.9. The fraction of sp³-hybridized carbons (Fsp3) is 0.300. The fourth-order valence-corrected chi connectivity index (χ4v) is 4.87.